The minimum absolute atomic E-state index is 0.698. The molecule has 1 heterocycles. The Kier molecular flexibility index (Phi) is 16.6. The number of aryl methyl sites for hydroxylation is 4. The zero-order chi connectivity index (χ0) is 42.8. The van der Waals surface area contributed by atoms with E-state index < -0.39 is 20.8 Å². The van der Waals surface area contributed by atoms with Gasteiger partial charge < -0.3 is 0 Å². The van der Waals surface area contributed by atoms with Gasteiger partial charge in [-0.25, -0.2) is 0 Å². The summed E-state index contributed by atoms with van der Waals surface area (Å²) < 4.78 is 0. The average molecular weight is 920 g/mol. The smallest absolute Gasteiger partial charge is 0.0920 e. The second-order valence-electron chi connectivity index (χ2n) is 16.7. The zero-order valence-corrected chi connectivity index (χ0v) is 41.5. The van der Waals surface area contributed by atoms with E-state index in [9.17, 15) is 0 Å². The predicted molar refractivity (Wildman–Crippen MR) is 263 cm³/mol. The Hall–Kier alpha value is -3.78. The first-order valence-electron chi connectivity index (χ1n) is 21.4. The normalized spacial score (nSPS) is 11.3. The standard InChI is InChI=1S/2C22H25.C12H7Si.2ClH.Zr/c2*1-5-18-10-11-19-13-17(12-15(2)3)14-21(19)22(18)20-9-7-6-8-16(20)4;1-3-7-11-9(5-1)10-6-2-4-8-12(10)13-11;;;/h2*6-11,13-15H,5,12H2,1-4H3;1-7H;2*1H;/q3*-1;;;+2/p-2. The van der Waals surface area contributed by atoms with E-state index in [2.05, 4.69) is 195 Å². The minimum atomic E-state index is -0.826. The van der Waals surface area contributed by atoms with Crippen molar-refractivity contribution in [3.05, 3.63) is 179 Å². The fraction of sp³-hybridized carbons (Fsp3) is 0.250. The van der Waals surface area contributed by atoms with Gasteiger partial charge in [-0.3, -0.25) is 0 Å². The summed E-state index contributed by atoms with van der Waals surface area (Å²) in [5, 5.41) is 8.43. The van der Waals surface area contributed by atoms with E-state index in [1.807, 2.05) is 6.07 Å². The van der Waals surface area contributed by atoms with Crippen LogP contribution in [0.15, 0.2) is 140 Å². The first-order valence-corrected chi connectivity index (χ1v) is 28.8. The zero-order valence-electron chi connectivity index (χ0n) is 36.5. The van der Waals surface area contributed by atoms with Crippen LogP contribution in [0, 0.1) is 31.7 Å². The molecule has 0 saturated heterocycles. The van der Waals surface area contributed by atoms with Gasteiger partial charge in [-0.2, -0.15) is 41.6 Å². The molecule has 0 amide bonds. The molecule has 0 bridgehead atoms. The maximum Gasteiger partial charge on any atom is 0.0920 e. The summed E-state index contributed by atoms with van der Waals surface area (Å²) in [7, 11) is 10.7. The van der Waals surface area contributed by atoms with Crippen molar-refractivity contribution in [1.29, 1.82) is 0 Å². The summed E-state index contributed by atoms with van der Waals surface area (Å²) in [6.07, 6.45) is 4.46. The van der Waals surface area contributed by atoms with Gasteiger partial charge in [-0.05, 0) is 73.6 Å². The van der Waals surface area contributed by atoms with Crippen LogP contribution >= 0.6 is 17.0 Å². The molecule has 4 heteroatoms. The number of hydrogen-bond donors (Lipinski definition) is 0. The topological polar surface area (TPSA) is 0 Å². The van der Waals surface area contributed by atoms with Gasteiger partial charge in [-0.15, -0.1) is 74.6 Å². The van der Waals surface area contributed by atoms with Crippen LogP contribution in [0.2, 0.25) is 0 Å². The number of rotatable bonds is 8. The van der Waals surface area contributed by atoms with Gasteiger partial charge >= 0.3 is 37.9 Å². The third-order valence-electron chi connectivity index (χ3n) is 11.3. The van der Waals surface area contributed by atoms with Gasteiger partial charge in [0.05, 0.1) is 9.52 Å². The van der Waals surface area contributed by atoms with Crippen LogP contribution in [0.4, 0.5) is 0 Å². The summed E-state index contributed by atoms with van der Waals surface area (Å²) >= 11 is -0.826. The molecule has 9 rings (SSSR count). The molecule has 8 aromatic carbocycles. The number of hydrogen-bond acceptors (Lipinski definition) is 0. The van der Waals surface area contributed by atoms with Gasteiger partial charge in [0.2, 0.25) is 0 Å². The molecule has 1 aliphatic rings. The Labute approximate surface area is 381 Å². The first-order chi connectivity index (χ1) is 29.1. The Bertz CT molecular complexity index is 2460. The maximum atomic E-state index is 4.93. The van der Waals surface area contributed by atoms with Crippen LogP contribution in [0.25, 0.3) is 54.9 Å². The molecule has 0 unspecified atom stereocenters. The molecule has 0 nitrogen and oxygen atoms in total. The Morgan fingerprint density at radius 1 is 0.567 bits per heavy atom. The van der Waals surface area contributed by atoms with Gasteiger partial charge in [-0.1, -0.05) is 147 Å². The van der Waals surface area contributed by atoms with E-state index in [1.165, 1.54) is 98.7 Å². The molecule has 2 radical (unpaired) electrons. The van der Waals surface area contributed by atoms with Crippen LogP contribution in [0.3, 0.4) is 0 Å². The van der Waals surface area contributed by atoms with Crippen molar-refractivity contribution >= 4 is 58.5 Å². The molecule has 8 aromatic rings. The Morgan fingerprint density at radius 2 is 1.00 bits per heavy atom. The number of halogens is 2. The molecule has 0 fully saturated rings. The second-order valence-corrected chi connectivity index (χ2v) is 21.7. The summed E-state index contributed by atoms with van der Waals surface area (Å²) in [5.74, 6) is 1.40. The van der Waals surface area contributed by atoms with Gasteiger partial charge in [0.25, 0.3) is 0 Å². The van der Waals surface area contributed by atoms with Crippen molar-refractivity contribution in [2.24, 2.45) is 11.8 Å². The maximum absolute atomic E-state index is 4.93. The van der Waals surface area contributed by atoms with E-state index in [0.29, 0.717) is 11.8 Å². The molecule has 0 saturated carbocycles. The predicted octanol–water partition coefficient (Wildman–Crippen LogP) is 15.1. The summed E-state index contributed by atoms with van der Waals surface area (Å²) in [5.41, 5.74) is 16.9. The van der Waals surface area contributed by atoms with Gasteiger partial charge in [0, 0.05) is 0 Å². The van der Waals surface area contributed by atoms with Crippen molar-refractivity contribution in [2.75, 3.05) is 0 Å². The fourth-order valence-corrected chi connectivity index (χ4v) is 9.92. The number of benzene rings is 6. The molecule has 0 spiro atoms. The van der Waals surface area contributed by atoms with Crippen molar-refractivity contribution in [1.82, 2.24) is 0 Å². The quantitative estimate of drug-likeness (QED) is 0.105. The third-order valence-corrected chi connectivity index (χ3v) is 12.7. The fourth-order valence-electron chi connectivity index (χ4n) is 8.62. The largest absolute Gasteiger partial charge is 0.184 e. The SMILES string of the molecule is CCc1ccc2[cH-]c(CC(C)C)cc2c1-c1ccccc1C.CCc1ccc2[cH-]c(CC(C)C)cc2c1-c1ccccc1C.[Cl][Zr][Cl].[c-]1cccc2c1[Si]c1ccccc1-2. The molecular formula is C56H57Cl2SiZr-3. The average Bonchev–Trinajstić information content (AvgIpc) is 3.95. The molecule has 0 atom stereocenters. The molecule has 60 heavy (non-hydrogen) atoms. The van der Waals surface area contributed by atoms with Crippen LogP contribution in [0.1, 0.15) is 74.9 Å². The van der Waals surface area contributed by atoms with E-state index in [0.717, 1.165) is 35.2 Å². The molecule has 0 aromatic heterocycles. The summed E-state index contributed by atoms with van der Waals surface area (Å²) in [6.45, 7) is 18.1. The molecule has 0 aliphatic carbocycles. The summed E-state index contributed by atoms with van der Waals surface area (Å²) in [4.78, 5) is 0. The van der Waals surface area contributed by atoms with E-state index in [1.54, 1.807) is 0 Å². The molecular weight excluding hydrogens is 863 g/mol. The number of fused-ring (bicyclic) bond motifs is 5. The monoisotopic (exact) mass is 917 g/mol. The van der Waals surface area contributed by atoms with E-state index >= 15 is 0 Å². The van der Waals surface area contributed by atoms with E-state index in [-0.39, 0.29) is 0 Å². The van der Waals surface area contributed by atoms with Crippen LogP contribution < -0.4 is 10.4 Å². The summed E-state index contributed by atoms with van der Waals surface area (Å²) in [6, 6.07) is 54.4. The van der Waals surface area contributed by atoms with E-state index in [4.69, 9.17) is 17.0 Å². The van der Waals surface area contributed by atoms with Crippen molar-refractivity contribution in [3.8, 4) is 33.4 Å². The minimum Gasteiger partial charge on any atom is -0.184 e. The van der Waals surface area contributed by atoms with Crippen molar-refractivity contribution in [2.45, 2.75) is 81.1 Å². The van der Waals surface area contributed by atoms with Crippen LogP contribution in [-0.2, 0) is 46.5 Å². The Morgan fingerprint density at radius 3 is 1.45 bits per heavy atom. The second kappa shape index (κ2) is 21.8. The molecule has 306 valence electrons. The van der Waals surface area contributed by atoms with Crippen LogP contribution in [0.5, 0.6) is 0 Å². The third kappa shape index (κ3) is 11.0. The molecule has 1 aliphatic heterocycles. The van der Waals surface area contributed by atoms with Crippen molar-refractivity contribution < 1.29 is 20.8 Å². The molecule has 0 N–H and O–H groups in total. The first kappa shape index (κ1) is 45.7. The van der Waals surface area contributed by atoms with Crippen LogP contribution in [-0.4, -0.2) is 9.52 Å². The van der Waals surface area contributed by atoms with Gasteiger partial charge in [0.15, 0.2) is 0 Å². The van der Waals surface area contributed by atoms with Gasteiger partial charge in [0.1, 0.15) is 0 Å². The van der Waals surface area contributed by atoms with Crippen molar-refractivity contribution in [3.63, 3.8) is 0 Å². The Balaban J connectivity index is 0.000000150.